The first-order valence-corrected chi connectivity index (χ1v) is 5.68. The lowest BCUT2D eigenvalue weighted by Gasteiger charge is -2.01. The van der Waals surface area contributed by atoms with Gasteiger partial charge in [0.05, 0.1) is 0 Å². The van der Waals surface area contributed by atoms with Crippen molar-refractivity contribution in [1.82, 2.24) is 0 Å². The minimum Gasteiger partial charge on any atom is -0.442 e. The van der Waals surface area contributed by atoms with Gasteiger partial charge in [0.1, 0.15) is 16.8 Å². The van der Waals surface area contributed by atoms with Crippen molar-refractivity contribution >= 4 is 33.0 Å². The Balaban J connectivity index is 2.74. The van der Waals surface area contributed by atoms with Crippen molar-refractivity contribution in [2.45, 2.75) is 0 Å². The first-order valence-electron chi connectivity index (χ1n) is 4.93. The van der Waals surface area contributed by atoms with Crippen LogP contribution in [0.5, 0.6) is 0 Å². The van der Waals surface area contributed by atoms with Crippen molar-refractivity contribution in [2.24, 2.45) is 0 Å². The van der Waals surface area contributed by atoms with E-state index in [1.165, 1.54) is 0 Å². The van der Waals surface area contributed by atoms with Gasteiger partial charge in [-0.25, -0.2) is 4.21 Å². The molecule has 0 aliphatic heterocycles. The largest absolute Gasteiger partial charge is 0.442 e. The summed E-state index contributed by atoms with van der Waals surface area (Å²) < 4.78 is 17.0. The second kappa shape index (κ2) is 3.61. The third kappa shape index (κ3) is 1.29. The molecule has 0 atom stereocenters. The van der Waals surface area contributed by atoms with Gasteiger partial charge in [0.2, 0.25) is 4.71 Å². The number of rotatable bonds is 0. The molecule has 78 valence electrons. The van der Waals surface area contributed by atoms with Crippen LogP contribution in [0.3, 0.4) is 0 Å². The van der Waals surface area contributed by atoms with Crippen LogP contribution in [0.15, 0.2) is 52.9 Å². The standard InChI is InChI=1S/C13H8O2S/c14-16-13-11-7-2-1-5-9(11)10-6-3-4-8-12(10)15-13/h1-8H. The van der Waals surface area contributed by atoms with Crippen LogP contribution in [0.25, 0.3) is 21.7 Å². The van der Waals surface area contributed by atoms with Crippen molar-refractivity contribution in [3.63, 3.8) is 0 Å². The van der Waals surface area contributed by atoms with Crippen LogP contribution in [0.4, 0.5) is 0 Å². The summed E-state index contributed by atoms with van der Waals surface area (Å²) in [6.45, 7) is 0. The summed E-state index contributed by atoms with van der Waals surface area (Å²) in [6, 6.07) is 15.5. The van der Waals surface area contributed by atoms with E-state index in [9.17, 15) is 4.21 Å². The van der Waals surface area contributed by atoms with E-state index in [0.717, 1.165) is 21.7 Å². The van der Waals surface area contributed by atoms with Crippen LogP contribution < -0.4 is 0 Å². The highest BCUT2D eigenvalue weighted by Crippen LogP contribution is 2.25. The molecule has 0 aliphatic carbocycles. The zero-order valence-electron chi connectivity index (χ0n) is 8.34. The normalized spacial score (nSPS) is 10.8. The van der Waals surface area contributed by atoms with E-state index in [-0.39, 0.29) is 0 Å². The lowest BCUT2D eigenvalue weighted by Crippen LogP contribution is -1.79. The molecule has 0 fully saturated rings. The molecule has 3 aromatic rings. The van der Waals surface area contributed by atoms with Crippen molar-refractivity contribution < 1.29 is 8.63 Å². The molecule has 0 amide bonds. The number of hydrogen-bond acceptors (Lipinski definition) is 2. The Morgan fingerprint density at radius 3 is 2.19 bits per heavy atom. The Bertz CT molecular complexity index is 767. The van der Waals surface area contributed by atoms with Crippen LogP contribution in [0, 0.1) is 4.71 Å². The van der Waals surface area contributed by atoms with E-state index in [4.69, 9.17) is 4.42 Å². The highest BCUT2D eigenvalue weighted by Gasteiger charge is 2.03. The molecule has 1 aromatic heterocycles. The van der Waals surface area contributed by atoms with Crippen molar-refractivity contribution in [3.05, 3.63) is 53.2 Å². The second-order valence-corrected chi connectivity index (χ2v) is 4.05. The lowest BCUT2D eigenvalue weighted by molar-refractivity contribution is 0.589. The van der Waals surface area contributed by atoms with E-state index in [1.54, 1.807) is 0 Å². The summed E-state index contributed by atoms with van der Waals surface area (Å²) in [5.41, 5.74) is 0.750. The Morgan fingerprint density at radius 2 is 1.44 bits per heavy atom. The van der Waals surface area contributed by atoms with E-state index < -0.39 is 0 Å². The van der Waals surface area contributed by atoms with Gasteiger partial charge in [-0.1, -0.05) is 36.4 Å². The third-order valence-electron chi connectivity index (χ3n) is 2.60. The van der Waals surface area contributed by atoms with E-state index >= 15 is 0 Å². The Kier molecular flexibility index (Phi) is 2.11. The van der Waals surface area contributed by atoms with Crippen molar-refractivity contribution in [3.8, 4) is 0 Å². The quantitative estimate of drug-likeness (QED) is 0.436. The second-order valence-electron chi connectivity index (χ2n) is 3.51. The average molecular weight is 228 g/mol. The first-order chi connectivity index (χ1) is 7.90. The summed E-state index contributed by atoms with van der Waals surface area (Å²) in [5, 5.41) is 2.97. The molecule has 0 saturated heterocycles. The van der Waals surface area contributed by atoms with Gasteiger partial charge in [-0.2, -0.15) is 0 Å². The molecule has 0 N–H and O–H groups in total. The van der Waals surface area contributed by atoms with Gasteiger partial charge < -0.3 is 4.42 Å². The van der Waals surface area contributed by atoms with Gasteiger partial charge in [-0.3, -0.25) is 0 Å². The Hall–Kier alpha value is -1.87. The molecule has 0 aliphatic rings. The SMILES string of the molecule is O=S=c1oc2ccccc2c2ccccc12. The van der Waals surface area contributed by atoms with E-state index in [0.29, 0.717) is 16.0 Å². The Labute approximate surface area is 95.2 Å². The average Bonchev–Trinajstić information content (AvgIpc) is 2.38. The summed E-state index contributed by atoms with van der Waals surface area (Å²) >= 11 is 0.396. The van der Waals surface area contributed by atoms with Gasteiger partial charge in [0.25, 0.3) is 0 Å². The zero-order valence-corrected chi connectivity index (χ0v) is 9.16. The van der Waals surface area contributed by atoms with Gasteiger partial charge in [0.15, 0.2) is 0 Å². The summed E-state index contributed by atoms with van der Waals surface area (Å²) in [6.07, 6.45) is 0. The van der Waals surface area contributed by atoms with Gasteiger partial charge in [-0.05, 0) is 17.5 Å². The number of para-hydroxylation sites is 1. The number of benzene rings is 2. The van der Waals surface area contributed by atoms with Crippen molar-refractivity contribution in [2.75, 3.05) is 0 Å². The monoisotopic (exact) mass is 228 g/mol. The maximum Gasteiger partial charge on any atom is 0.227 e. The summed E-state index contributed by atoms with van der Waals surface area (Å²) in [4.78, 5) is 0. The first kappa shape index (κ1) is 9.36. The third-order valence-corrected chi connectivity index (χ3v) is 3.06. The predicted octanol–water partition coefficient (Wildman–Crippen LogP) is 3.33. The Morgan fingerprint density at radius 1 is 0.812 bits per heavy atom. The molecule has 0 bridgehead atoms. The maximum atomic E-state index is 11.0. The number of hydrogen-bond donors (Lipinski definition) is 0. The van der Waals surface area contributed by atoms with Gasteiger partial charge >= 0.3 is 0 Å². The highest BCUT2D eigenvalue weighted by molar-refractivity contribution is 7.56. The zero-order chi connectivity index (χ0) is 11.0. The molecule has 3 rings (SSSR count). The van der Waals surface area contributed by atoms with E-state index in [2.05, 4.69) is 0 Å². The lowest BCUT2D eigenvalue weighted by atomic mass is 10.1. The van der Waals surface area contributed by atoms with Gasteiger partial charge in [-0.15, -0.1) is 0 Å². The fraction of sp³-hybridized carbons (Fsp3) is 0. The molecule has 0 unspecified atom stereocenters. The molecule has 0 saturated carbocycles. The summed E-state index contributed by atoms with van der Waals surface area (Å²) in [7, 11) is 0. The molecular weight excluding hydrogens is 220 g/mol. The van der Waals surface area contributed by atoms with Crippen LogP contribution in [-0.4, -0.2) is 4.21 Å². The summed E-state index contributed by atoms with van der Waals surface area (Å²) in [5.74, 6) is 0. The molecule has 2 aromatic carbocycles. The minimum absolute atomic E-state index is 0.396. The highest BCUT2D eigenvalue weighted by atomic mass is 32.1. The predicted molar refractivity (Wildman–Crippen MR) is 65.1 cm³/mol. The maximum absolute atomic E-state index is 11.0. The van der Waals surface area contributed by atoms with Crippen LogP contribution in [-0.2, 0) is 11.3 Å². The van der Waals surface area contributed by atoms with Crippen molar-refractivity contribution in [1.29, 1.82) is 0 Å². The molecule has 0 radical (unpaired) electrons. The van der Waals surface area contributed by atoms with Crippen LogP contribution in [0.1, 0.15) is 0 Å². The fourth-order valence-corrected chi connectivity index (χ4v) is 2.28. The van der Waals surface area contributed by atoms with E-state index in [1.807, 2.05) is 48.5 Å². The molecule has 16 heavy (non-hydrogen) atoms. The topological polar surface area (TPSA) is 30.2 Å². The van der Waals surface area contributed by atoms with Crippen LogP contribution in [0.2, 0.25) is 0 Å². The van der Waals surface area contributed by atoms with Crippen LogP contribution >= 0.6 is 0 Å². The van der Waals surface area contributed by atoms with Gasteiger partial charge in [0, 0.05) is 10.8 Å². The molecular formula is C13H8O2S. The molecule has 3 heteroatoms. The fourth-order valence-electron chi connectivity index (χ4n) is 1.89. The number of fused-ring (bicyclic) bond motifs is 3. The molecule has 1 heterocycles. The molecule has 2 nitrogen and oxygen atoms in total. The minimum atomic E-state index is 0.396. The smallest absolute Gasteiger partial charge is 0.227 e. The molecule has 0 spiro atoms.